The number of anilines is 1. The number of aliphatic hydroxyl groups excluding tert-OH is 1. The summed E-state index contributed by atoms with van der Waals surface area (Å²) < 4.78 is 34.4. The number of rotatable bonds is 7. The third-order valence-corrected chi connectivity index (χ3v) is 6.42. The minimum Gasteiger partial charge on any atom is -0.448 e. The molecule has 4 rings (SSSR count). The molecule has 160 valence electrons. The fraction of sp³-hybridized carbons (Fsp3) is 0.227. The number of hydrogen-bond acceptors (Lipinski definition) is 7. The van der Waals surface area contributed by atoms with Gasteiger partial charge in [0.05, 0.1) is 23.9 Å². The molecule has 0 aliphatic carbocycles. The molecular weight excluding hydrogens is 418 g/mol. The first-order chi connectivity index (χ1) is 14.8. The maximum absolute atomic E-state index is 12.8. The van der Waals surface area contributed by atoms with Gasteiger partial charge in [-0.25, -0.2) is 4.98 Å². The van der Waals surface area contributed by atoms with E-state index in [1.165, 1.54) is 18.4 Å². The van der Waals surface area contributed by atoms with Crippen LogP contribution < -0.4 is 5.32 Å². The van der Waals surface area contributed by atoms with Crippen molar-refractivity contribution in [2.45, 2.75) is 36.7 Å². The van der Waals surface area contributed by atoms with Crippen molar-refractivity contribution in [3.8, 4) is 0 Å². The number of fused-ring (bicyclic) bond motifs is 1. The predicted octanol–water partition coefficient (Wildman–Crippen LogP) is 3.42. The lowest BCUT2D eigenvalue weighted by atomic mass is 9.93. The van der Waals surface area contributed by atoms with Crippen molar-refractivity contribution < 1.29 is 22.7 Å². The molecule has 2 aromatic carbocycles. The molecule has 0 radical (unpaired) electrons. The Morgan fingerprint density at radius 2 is 1.94 bits per heavy atom. The van der Waals surface area contributed by atoms with E-state index in [0.29, 0.717) is 17.9 Å². The lowest BCUT2D eigenvalue weighted by Crippen LogP contribution is -2.29. The largest absolute Gasteiger partial charge is 0.448 e. The number of Topliss-reactive ketones (excluding diaryl/α,β-unsaturated/α-hetero) is 1. The highest BCUT2D eigenvalue weighted by atomic mass is 32.2. The Kier molecular flexibility index (Phi) is 5.71. The van der Waals surface area contributed by atoms with Crippen LogP contribution in [0.15, 0.2) is 74.7 Å². The van der Waals surface area contributed by atoms with Crippen LogP contribution in [0.25, 0.3) is 0 Å². The SMILES string of the molecule is CC(O)c1ccc2c(c1)S(=O)(=O)N=C(C(=O)CCC(c1ccccc1)c1ncco1)N2. The third-order valence-electron chi connectivity index (χ3n) is 5.11. The Morgan fingerprint density at radius 1 is 1.16 bits per heavy atom. The number of carbonyl (C=O) groups is 1. The van der Waals surface area contributed by atoms with Crippen LogP contribution in [-0.4, -0.2) is 30.1 Å². The summed E-state index contributed by atoms with van der Waals surface area (Å²) in [5, 5.41) is 12.5. The smallest absolute Gasteiger partial charge is 0.286 e. The molecule has 9 heteroatoms. The van der Waals surface area contributed by atoms with Crippen LogP contribution in [0.5, 0.6) is 0 Å². The lowest BCUT2D eigenvalue weighted by molar-refractivity contribution is -0.113. The number of carbonyl (C=O) groups excluding carboxylic acids is 1. The van der Waals surface area contributed by atoms with E-state index >= 15 is 0 Å². The van der Waals surface area contributed by atoms with E-state index in [2.05, 4.69) is 14.7 Å². The molecule has 1 aliphatic rings. The molecule has 0 amide bonds. The number of nitrogens with one attached hydrogen (secondary N) is 1. The summed E-state index contributed by atoms with van der Waals surface area (Å²) >= 11 is 0. The van der Waals surface area contributed by atoms with E-state index in [9.17, 15) is 18.3 Å². The predicted molar refractivity (Wildman–Crippen MR) is 114 cm³/mol. The van der Waals surface area contributed by atoms with E-state index < -0.39 is 21.9 Å². The first-order valence-electron chi connectivity index (χ1n) is 9.76. The third kappa shape index (κ3) is 4.42. The standard InChI is InChI=1S/C22H21N3O5S/c1-14(26)16-7-9-18-20(13-16)31(28,29)25-21(24-18)19(27)10-8-17(22-23-11-12-30-22)15-5-3-2-4-6-15/h2-7,9,11-14,17,26H,8,10H2,1H3,(H,24,25). The second-order valence-corrected chi connectivity index (χ2v) is 8.84. The molecule has 1 aromatic heterocycles. The van der Waals surface area contributed by atoms with E-state index in [0.717, 1.165) is 5.56 Å². The Labute approximate surface area is 179 Å². The van der Waals surface area contributed by atoms with E-state index in [1.54, 1.807) is 19.2 Å². The number of aromatic nitrogens is 1. The average Bonchev–Trinajstić information content (AvgIpc) is 3.28. The number of aliphatic hydroxyl groups is 1. The van der Waals surface area contributed by atoms with Crippen LogP contribution in [0.4, 0.5) is 5.69 Å². The molecule has 3 aromatic rings. The fourth-order valence-electron chi connectivity index (χ4n) is 3.47. The molecule has 1 aliphatic heterocycles. The van der Waals surface area contributed by atoms with Gasteiger partial charge in [-0.3, -0.25) is 4.79 Å². The number of ketones is 1. The summed E-state index contributed by atoms with van der Waals surface area (Å²) in [6.45, 7) is 1.54. The van der Waals surface area contributed by atoms with Crippen molar-refractivity contribution in [3.05, 3.63) is 78.0 Å². The van der Waals surface area contributed by atoms with Crippen molar-refractivity contribution in [3.63, 3.8) is 0 Å². The molecule has 8 nitrogen and oxygen atoms in total. The molecule has 2 N–H and O–H groups in total. The van der Waals surface area contributed by atoms with Gasteiger partial charge >= 0.3 is 0 Å². The first-order valence-corrected chi connectivity index (χ1v) is 11.2. The van der Waals surface area contributed by atoms with E-state index in [-0.39, 0.29) is 28.8 Å². The van der Waals surface area contributed by atoms with Gasteiger partial charge in [0.1, 0.15) is 11.2 Å². The molecule has 0 saturated carbocycles. The van der Waals surface area contributed by atoms with Crippen molar-refractivity contribution in [2.24, 2.45) is 4.40 Å². The van der Waals surface area contributed by atoms with Crippen LogP contribution >= 0.6 is 0 Å². The number of oxazole rings is 1. The van der Waals surface area contributed by atoms with Gasteiger partial charge < -0.3 is 14.8 Å². The molecule has 0 spiro atoms. The zero-order valence-electron chi connectivity index (χ0n) is 16.7. The number of amidine groups is 1. The normalized spacial score (nSPS) is 16.5. The van der Waals surface area contributed by atoms with Crippen LogP contribution in [0.1, 0.15) is 48.8 Å². The second-order valence-electron chi connectivity index (χ2n) is 7.27. The first kappa shape index (κ1) is 21.0. The summed E-state index contributed by atoms with van der Waals surface area (Å²) in [4.78, 5) is 17.0. The van der Waals surface area contributed by atoms with Crippen LogP contribution in [0, 0.1) is 0 Å². The molecular formula is C22H21N3O5S. The minimum absolute atomic E-state index is 0.0460. The Bertz CT molecular complexity index is 1220. The quantitative estimate of drug-likeness (QED) is 0.578. The Hall–Kier alpha value is -3.30. The highest BCUT2D eigenvalue weighted by Gasteiger charge is 2.29. The number of nitrogens with zero attached hydrogens (tertiary/aromatic N) is 2. The van der Waals surface area contributed by atoms with Gasteiger partial charge in [-0.2, -0.15) is 8.42 Å². The molecule has 0 fully saturated rings. The molecule has 0 saturated heterocycles. The van der Waals surface area contributed by atoms with Crippen molar-refractivity contribution in [1.82, 2.24) is 4.98 Å². The monoisotopic (exact) mass is 439 g/mol. The summed E-state index contributed by atoms with van der Waals surface area (Å²) in [6, 6.07) is 14.0. The molecule has 2 atom stereocenters. The van der Waals surface area contributed by atoms with Gasteiger partial charge in [0, 0.05) is 6.42 Å². The minimum atomic E-state index is -4.06. The zero-order valence-corrected chi connectivity index (χ0v) is 17.5. The highest BCUT2D eigenvalue weighted by molar-refractivity contribution is 7.90. The van der Waals surface area contributed by atoms with Crippen LogP contribution in [-0.2, 0) is 14.8 Å². The van der Waals surface area contributed by atoms with Gasteiger partial charge in [0.2, 0.25) is 5.89 Å². The van der Waals surface area contributed by atoms with Gasteiger partial charge in [-0.1, -0.05) is 36.4 Å². The number of hydrogen-bond donors (Lipinski definition) is 2. The summed E-state index contributed by atoms with van der Waals surface area (Å²) in [5.41, 5.74) is 1.65. The molecule has 2 unspecified atom stereocenters. The van der Waals surface area contributed by atoms with Crippen molar-refractivity contribution >= 4 is 27.3 Å². The second kappa shape index (κ2) is 8.44. The topological polar surface area (TPSA) is 122 Å². The molecule has 2 heterocycles. The zero-order chi connectivity index (χ0) is 22.0. The van der Waals surface area contributed by atoms with Crippen molar-refractivity contribution in [2.75, 3.05) is 5.32 Å². The van der Waals surface area contributed by atoms with Gasteiger partial charge in [0.25, 0.3) is 10.0 Å². The summed E-state index contributed by atoms with van der Waals surface area (Å²) in [6.07, 6.45) is 2.62. The lowest BCUT2D eigenvalue weighted by Gasteiger charge is -2.19. The van der Waals surface area contributed by atoms with Gasteiger partial charge in [0.15, 0.2) is 11.6 Å². The van der Waals surface area contributed by atoms with Crippen LogP contribution in [0.2, 0.25) is 0 Å². The van der Waals surface area contributed by atoms with E-state index in [1.807, 2.05) is 30.3 Å². The highest BCUT2D eigenvalue weighted by Crippen LogP contribution is 2.32. The number of benzene rings is 2. The number of sulfonamides is 1. The molecule has 0 bridgehead atoms. The summed E-state index contributed by atoms with van der Waals surface area (Å²) in [5.74, 6) is -0.416. The molecule has 31 heavy (non-hydrogen) atoms. The van der Waals surface area contributed by atoms with Gasteiger partial charge in [-0.05, 0) is 36.6 Å². The fourth-order valence-corrected chi connectivity index (χ4v) is 4.64. The average molecular weight is 439 g/mol. The van der Waals surface area contributed by atoms with Crippen molar-refractivity contribution in [1.29, 1.82) is 0 Å². The Morgan fingerprint density at radius 3 is 2.61 bits per heavy atom. The van der Waals surface area contributed by atoms with Gasteiger partial charge in [-0.15, -0.1) is 4.40 Å². The maximum atomic E-state index is 12.8. The van der Waals surface area contributed by atoms with E-state index in [4.69, 9.17) is 4.42 Å². The van der Waals surface area contributed by atoms with Crippen LogP contribution in [0.3, 0.4) is 0 Å². The maximum Gasteiger partial charge on any atom is 0.286 e. The Balaban J connectivity index is 1.55. The summed E-state index contributed by atoms with van der Waals surface area (Å²) in [7, 11) is -4.06.